The number of carbonyl (C=O) groups excluding carboxylic acids is 3. The standard InChI is InChI=1S/C23H35ClN4O4.C7H9N.CH3NO/c1-5-32-22-18(12-19(24)15-26-22)13-23(3,4)14-21(30)27-20(16-29)17(2)25-6-7-28-8-10-31-11-9-28;1-8-7-5-3-2-4-6-7;2-1-3/h12,15-16,25H,5-11,13-14H2,1-4H3,(H,27,30);2-6,8H,1H3;1H,(H2,2,3)/b20-17+;;. The van der Waals surface area contributed by atoms with Crippen LogP contribution < -0.4 is 26.4 Å². The Morgan fingerprint density at radius 2 is 1.86 bits per heavy atom. The lowest BCUT2D eigenvalue weighted by Gasteiger charge is -2.27. The number of nitrogens with one attached hydrogen (secondary N) is 3. The fourth-order valence-electron chi connectivity index (χ4n) is 4.21. The van der Waals surface area contributed by atoms with Crippen molar-refractivity contribution in [1.29, 1.82) is 0 Å². The van der Waals surface area contributed by atoms with Crippen LogP contribution in [0.25, 0.3) is 0 Å². The molecule has 2 aromatic rings. The smallest absolute Gasteiger partial charge is 0.225 e. The number of amides is 2. The summed E-state index contributed by atoms with van der Waals surface area (Å²) in [6.07, 6.45) is 3.26. The number of anilines is 1. The lowest BCUT2D eigenvalue weighted by atomic mass is 9.82. The van der Waals surface area contributed by atoms with Gasteiger partial charge in [-0.2, -0.15) is 0 Å². The van der Waals surface area contributed by atoms with Crippen LogP contribution in [0.4, 0.5) is 5.69 Å². The van der Waals surface area contributed by atoms with E-state index in [0.717, 1.165) is 44.1 Å². The number of carbonyl (C=O) groups is 3. The molecule has 1 aliphatic rings. The molecule has 0 atom stereocenters. The molecule has 238 valence electrons. The Bertz CT molecular complexity index is 1140. The molecule has 1 saturated heterocycles. The molecular formula is C31H47ClN6O5. The number of benzene rings is 1. The number of rotatable bonds is 13. The van der Waals surface area contributed by atoms with Crippen LogP contribution in [0.2, 0.25) is 5.02 Å². The molecule has 11 nitrogen and oxygen atoms in total. The molecule has 43 heavy (non-hydrogen) atoms. The number of hydrogen-bond acceptors (Lipinski definition) is 9. The highest BCUT2D eigenvalue weighted by molar-refractivity contribution is 6.30. The van der Waals surface area contributed by atoms with E-state index in [-0.39, 0.29) is 24.4 Å². The summed E-state index contributed by atoms with van der Waals surface area (Å²) < 4.78 is 10.9. The van der Waals surface area contributed by atoms with Gasteiger partial charge in [0.15, 0.2) is 6.29 Å². The SMILES string of the molecule is CCOc1ncc(Cl)cc1CC(C)(C)CC(=O)N/C(C=O)=C(\C)NCCN1CCOCC1.CNc1ccccc1.NC=O. The average molecular weight is 619 g/mol. The van der Waals surface area contributed by atoms with Crippen LogP contribution in [-0.2, 0) is 25.5 Å². The Morgan fingerprint density at radius 3 is 2.42 bits per heavy atom. The van der Waals surface area contributed by atoms with Crippen molar-refractivity contribution in [2.75, 3.05) is 58.4 Å². The molecular weight excluding hydrogens is 572 g/mol. The maximum Gasteiger partial charge on any atom is 0.225 e. The van der Waals surface area contributed by atoms with Gasteiger partial charge in [0.2, 0.25) is 18.2 Å². The number of para-hydroxylation sites is 1. The van der Waals surface area contributed by atoms with Gasteiger partial charge in [0, 0.05) is 62.8 Å². The molecule has 3 rings (SSSR count). The van der Waals surface area contributed by atoms with Crippen molar-refractivity contribution in [1.82, 2.24) is 20.5 Å². The van der Waals surface area contributed by atoms with Gasteiger partial charge < -0.3 is 31.2 Å². The summed E-state index contributed by atoms with van der Waals surface area (Å²) in [5, 5.41) is 9.53. The largest absolute Gasteiger partial charge is 0.478 e. The number of hydrogen-bond donors (Lipinski definition) is 4. The second-order valence-corrected chi connectivity index (χ2v) is 10.8. The summed E-state index contributed by atoms with van der Waals surface area (Å²) in [6.45, 7) is 13.0. The Labute approximate surface area is 260 Å². The molecule has 0 radical (unpaired) electrons. The van der Waals surface area contributed by atoms with Crippen LogP contribution >= 0.6 is 11.6 Å². The molecule has 1 aromatic carbocycles. The lowest BCUT2D eigenvalue weighted by Crippen LogP contribution is -2.40. The number of nitrogens with zero attached hydrogens (tertiary/aromatic N) is 2. The zero-order valence-corrected chi connectivity index (χ0v) is 26.7. The molecule has 1 fully saturated rings. The topological polar surface area (TPSA) is 148 Å². The van der Waals surface area contributed by atoms with Gasteiger partial charge in [-0.05, 0) is 43.9 Å². The minimum absolute atomic E-state index is 0.223. The molecule has 0 spiro atoms. The maximum atomic E-state index is 12.7. The van der Waals surface area contributed by atoms with E-state index in [4.69, 9.17) is 25.9 Å². The average Bonchev–Trinajstić information content (AvgIpc) is 2.98. The third kappa shape index (κ3) is 15.9. The first kappa shape index (κ1) is 37.4. The van der Waals surface area contributed by atoms with Crippen molar-refractivity contribution in [3.63, 3.8) is 0 Å². The minimum Gasteiger partial charge on any atom is -0.478 e. The predicted octanol–water partition coefficient (Wildman–Crippen LogP) is 3.39. The van der Waals surface area contributed by atoms with Crippen molar-refractivity contribution in [2.45, 2.75) is 40.5 Å². The van der Waals surface area contributed by atoms with Crippen molar-refractivity contribution in [2.24, 2.45) is 11.1 Å². The number of primary amides is 1. The van der Waals surface area contributed by atoms with Crippen LogP contribution in [0.3, 0.4) is 0 Å². The van der Waals surface area contributed by atoms with Gasteiger partial charge >= 0.3 is 0 Å². The Morgan fingerprint density at radius 1 is 1.21 bits per heavy atom. The number of aldehydes is 1. The van der Waals surface area contributed by atoms with E-state index in [0.29, 0.717) is 42.5 Å². The predicted molar refractivity (Wildman–Crippen MR) is 171 cm³/mol. The fraction of sp³-hybridized carbons (Fsp3) is 0.484. The van der Waals surface area contributed by atoms with E-state index in [1.54, 1.807) is 13.1 Å². The monoisotopic (exact) mass is 618 g/mol. The molecule has 1 aliphatic heterocycles. The van der Waals surface area contributed by atoms with Crippen LogP contribution in [0.1, 0.15) is 39.7 Å². The first-order chi connectivity index (χ1) is 20.6. The molecule has 12 heteroatoms. The molecule has 2 heterocycles. The fourth-order valence-corrected chi connectivity index (χ4v) is 4.39. The number of aromatic nitrogens is 1. The van der Waals surface area contributed by atoms with E-state index in [1.165, 1.54) is 0 Å². The number of nitrogens with two attached hydrogens (primary N) is 1. The van der Waals surface area contributed by atoms with Crippen molar-refractivity contribution in [3.8, 4) is 5.88 Å². The lowest BCUT2D eigenvalue weighted by molar-refractivity contribution is -0.123. The quantitative estimate of drug-likeness (QED) is 0.196. The van der Waals surface area contributed by atoms with Crippen molar-refractivity contribution >= 4 is 35.9 Å². The zero-order chi connectivity index (χ0) is 32.1. The van der Waals surface area contributed by atoms with Crippen LogP contribution in [-0.4, -0.2) is 81.5 Å². The zero-order valence-electron chi connectivity index (χ0n) is 26.0. The number of morpholine rings is 1. The Balaban J connectivity index is 0.000000705. The van der Waals surface area contributed by atoms with Gasteiger partial charge in [-0.1, -0.05) is 43.6 Å². The molecule has 5 N–H and O–H groups in total. The summed E-state index contributed by atoms with van der Waals surface area (Å²) >= 11 is 6.11. The van der Waals surface area contributed by atoms with Crippen molar-refractivity contribution < 1.29 is 23.9 Å². The minimum atomic E-state index is -0.395. The van der Waals surface area contributed by atoms with Gasteiger partial charge in [-0.25, -0.2) is 4.98 Å². The van der Waals surface area contributed by atoms with E-state index < -0.39 is 5.41 Å². The Hall–Kier alpha value is -3.67. The summed E-state index contributed by atoms with van der Waals surface area (Å²) in [5.41, 5.74) is 6.69. The summed E-state index contributed by atoms with van der Waals surface area (Å²) in [6, 6.07) is 11.9. The third-order valence-corrected chi connectivity index (χ3v) is 6.47. The summed E-state index contributed by atoms with van der Waals surface area (Å²) in [5.74, 6) is 0.304. The van der Waals surface area contributed by atoms with Crippen LogP contribution in [0.15, 0.2) is 54.0 Å². The van der Waals surface area contributed by atoms with E-state index in [2.05, 4.69) is 31.6 Å². The highest BCUT2D eigenvalue weighted by Gasteiger charge is 2.25. The van der Waals surface area contributed by atoms with Crippen molar-refractivity contribution in [3.05, 3.63) is 64.6 Å². The molecule has 1 aromatic heterocycles. The van der Waals surface area contributed by atoms with Gasteiger partial charge in [0.1, 0.15) is 0 Å². The van der Waals surface area contributed by atoms with Gasteiger partial charge in [-0.3, -0.25) is 19.3 Å². The first-order valence-electron chi connectivity index (χ1n) is 14.2. The molecule has 2 amide bonds. The third-order valence-electron chi connectivity index (χ3n) is 6.26. The normalized spacial score (nSPS) is 13.5. The van der Waals surface area contributed by atoms with Crippen LogP contribution in [0, 0.1) is 5.41 Å². The molecule has 0 aliphatic carbocycles. The number of pyridine rings is 1. The summed E-state index contributed by atoms with van der Waals surface area (Å²) in [4.78, 5) is 39.4. The van der Waals surface area contributed by atoms with Gasteiger partial charge in [-0.15, -0.1) is 0 Å². The second-order valence-electron chi connectivity index (χ2n) is 10.4. The van der Waals surface area contributed by atoms with E-state index >= 15 is 0 Å². The first-order valence-corrected chi connectivity index (χ1v) is 14.6. The molecule has 0 saturated carbocycles. The highest BCUT2D eigenvalue weighted by atomic mass is 35.5. The maximum absolute atomic E-state index is 12.7. The van der Waals surface area contributed by atoms with Gasteiger partial charge in [0.05, 0.1) is 30.5 Å². The number of halogens is 1. The second kappa shape index (κ2) is 21.1. The molecule has 0 unspecified atom stereocenters. The van der Waals surface area contributed by atoms with E-state index in [9.17, 15) is 9.59 Å². The van der Waals surface area contributed by atoms with Crippen LogP contribution in [0.5, 0.6) is 5.88 Å². The summed E-state index contributed by atoms with van der Waals surface area (Å²) in [7, 11) is 1.91. The number of ether oxygens (including phenoxy) is 2. The van der Waals surface area contributed by atoms with Gasteiger partial charge in [0.25, 0.3) is 0 Å². The van der Waals surface area contributed by atoms with E-state index in [1.807, 2.05) is 64.2 Å². The molecule has 0 bridgehead atoms. The number of allylic oxidation sites excluding steroid dienone is 2. The Kier molecular flexibility index (Phi) is 18.3. The highest BCUT2D eigenvalue weighted by Crippen LogP contribution is 2.31.